The fourth-order valence-corrected chi connectivity index (χ4v) is 2.43. The summed E-state index contributed by atoms with van der Waals surface area (Å²) >= 11 is 12.1. The molecule has 0 aliphatic heterocycles. The van der Waals surface area contributed by atoms with Crippen LogP contribution in [-0.2, 0) is 13.5 Å². The predicted molar refractivity (Wildman–Crippen MR) is 86.5 cm³/mol. The quantitative estimate of drug-likeness (QED) is 0.899. The molecule has 1 unspecified atom stereocenters. The number of hydrogen-bond donors (Lipinski definition) is 1. The number of nitrogens with two attached hydrogens (primary N) is 1. The molecular weight excluding hydrogens is 309 g/mol. The van der Waals surface area contributed by atoms with Gasteiger partial charge in [-0.1, -0.05) is 30.1 Å². The van der Waals surface area contributed by atoms with Crippen LogP contribution in [0.15, 0.2) is 18.2 Å². The van der Waals surface area contributed by atoms with Gasteiger partial charge in [0.2, 0.25) is 5.88 Å². The smallest absolute Gasteiger partial charge is 0.221 e. The van der Waals surface area contributed by atoms with Crippen molar-refractivity contribution in [2.45, 2.75) is 32.7 Å². The zero-order valence-electron chi connectivity index (χ0n) is 12.4. The van der Waals surface area contributed by atoms with Crippen molar-refractivity contribution in [2.75, 3.05) is 0 Å². The molecule has 0 aliphatic carbocycles. The highest BCUT2D eigenvalue weighted by Gasteiger charge is 2.18. The molecule has 1 aromatic carbocycles. The SMILES string of the molecule is CCC(N)Cc1c(C)nn(C)c1Oc1cc(Cl)ccc1Cl. The number of hydrogen-bond acceptors (Lipinski definition) is 3. The molecule has 1 atom stereocenters. The van der Waals surface area contributed by atoms with Crippen LogP contribution in [0, 0.1) is 6.92 Å². The molecule has 0 spiro atoms. The second kappa shape index (κ2) is 6.69. The minimum Gasteiger partial charge on any atom is -0.437 e. The summed E-state index contributed by atoms with van der Waals surface area (Å²) in [6.07, 6.45) is 1.61. The first-order valence-corrected chi connectivity index (χ1v) is 7.59. The summed E-state index contributed by atoms with van der Waals surface area (Å²) in [5.41, 5.74) is 7.97. The minimum absolute atomic E-state index is 0.0742. The number of rotatable bonds is 5. The lowest BCUT2D eigenvalue weighted by Gasteiger charge is -2.13. The summed E-state index contributed by atoms with van der Waals surface area (Å²) in [4.78, 5) is 0. The molecular formula is C15H19Cl2N3O. The van der Waals surface area contributed by atoms with E-state index in [1.165, 1.54) is 0 Å². The van der Waals surface area contributed by atoms with Gasteiger partial charge in [-0.2, -0.15) is 5.10 Å². The lowest BCUT2D eigenvalue weighted by molar-refractivity contribution is 0.424. The van der Waals surface area contributed by atoms with Crippen LogP contribution < -0.4 is 10.5 Å². The number of nitrogens with zero attached hydrogens (tertiary/aromatic N) is 2. The van der Waals surface area contributed by atoms with Gasteiger partial charge < -0.3 is 10.5 Å². The van der Waals surface area contributed by atoms with E-state index in [2.05, 4.69) is 12.0 Å². The summed E-state index contributed by atoms with van der Waals surface area (Å²) in [6, 6.07) is 5.19. The highest BCUT2D eigenvalue weighted by molar-refractivity contribution is 6.34. The Balaban J connectivity index is 2.37. The molecule has 0 aliphatic rings. The maximum absolute atomic E-state index is 6.15. The molecule has 0 fully saturated rings. The molecule has 0 saturated heterocycles. The molecule has 4 nitrogen and oxygen atoms in total. The van der Waals surface area contributed by atoms with Crippen LogP contribution in [0.4, 0.5) is 0 Å². The Morgan fingerprint density at radius 1 is 1.38 bits per heavy atom. The molecule has 0 saturated carbocycles. The Hall–Kier alpha value is -1.23. The van der Waals surface area contributed by atoms with Gasteiger partial charge in [0.25, 0.3) is 0 Å². The van der Waals surface area contributed by atoms with E-state index in [0.717, 1.165) is 17.7 Å². The molecule has 114 valence electrons. The van der Waals surface area contributed by atoms with Crippen LogP contribution in [0.3, 0.4) is 0 Å². The van der Waals surface area contributed by atoms with Crippen LogP contribution in [0.5, 0.6) is 11.6 Å². The van der Waals surface area contributed by atoms with E-state index in [-0.39, 0.29) is 6.04 Å². The van der Waals surface area contributed by atoms with Gasteiger partial charge in [-0.05, 0) is 31.9 Å². The van der Waals surface area contributed by atoms with E-state index < -0.39 is 0 Å². The first kappa shape index (κ1) is 16.1. The van der Waals surface area contributed by atoms with Gasteiger partial charge in [-0.3, -0.25) is 0 Å². The van der Waals surface area contributed by atoms with E-state index in [9.17, 15) is 0 Å². The van der Waals surface area contributed by atoms with Crippen molar-refractivity contribution in [3.8, 4) is 11.6 Å². The molecule has 6 heteroatoms. The molecule has 0 bridgehead atoms. The van der Waals surface area contributed by atoms with Crippen molar-refractivity contribution < 1.29 is 4.74 Å². The third-order valence-corrected chi connectivity index (χ3v) is 3.93. The maximum atomic E-state index is 6.15. The van der Waals surface area contributed by atoms with Gasteiger partial charge >= 0.3 is 0 Å². The number of ether oxygens (including phenoxy) is 1. The van der Waals surface area contributed by atoms with Crippen LogP contribution >= 0.6 is 23.2 Å². The zero-order chi connectivity index (χ0) is 15.6. The first-order chi connectivity index (χ1) is 9.92. The van der Waals surface area contributed by atoms with Crippen molar-refractivity contribution in [1.29, 1.82) is 0 Å². The summed E-state index contributed by atoms with van der Waals surface area (Å²) in [5.74, 6) is 1.17. The number of halogens is 2. The van der Waals surface area contributed by atoms with Gasteiger partial charge in [-0.15, -0.1) is 0 Å². The standard InChI is InChI=1S/C15H19Cl2N3O/c1-4-11(18)8-12-9(2)19-20(3)15(12)21-14-7-10(16)5-6-13(14)17/h5-7,11H,4,8,18H2,1-3H3. The van der Waals surface area contributed by atoms with E-state index in [1.54, 1.807) is 22.9 Å². The minimum atomic E-state index is 0.0742. The topological polar surface area (TPSA) is 53.1 Å². The second-order valence-corrected chi connectivity index (χ2v) is 5.89. The summed E-state index contributed by atoms with van der Waals surface area (Å²) < 4.78 is 7.65. The average molecular weight is 328 g/mol. The molecule has 2 N–H and O–H groups in total. The normalized spacial score (nSPS) is 12.5. The summed E-state index contributed by atoms with van der Waals surface area (Å²) in [7, 11) is 1.84. The van der Waals surface area contributed by atoms with E-state index in [0.29, 0.717) is 28.1 Å². The highest BCUT2D eigenvalue weighted by atomic mass is 35.5. The van der Waals surface area contributed by atoms with Gasteiger partial charge in [0.1, 0.15) is 5.75 Å². The maximum Gasteiger partial charge on any atom is 0.221 e. The van der Waals surface area contributed by atoms with Gasteiger partial charge in [0, 0.05) is 29.7 Å². The number of aryl methyl sites for hydroxylation is 2. The Kier molecular flexibility index (Phi) is 5.14. The van der Waals surface area contributed by atoms with Crippen LogP contribution in [0.2, 0.25) is 10.0 Å². The largest absolute Gasteiger partial charge is 0.437 e. The Labute approximate surface area is 134 Å². The lowest BCUT2D eigenvalue weighted by atomic mass is 10.1. The summed E-state index contributed by atoms with van der Waals surface area (Å²) in [6.45, 7) is 4.01. The third-order valence-electron chi connectivity index (χ3n) is 3.38. The third kappa shape index (κ3) is 3.70. The molecule has 0 amide bonds. The van der Waals surface area contributed by atoms with Crippen molar-refractivity contribution in [2.24, 2.45) is 12.8 Å². The van der Waals surface area contributed by atoms with E-state index in [4.69, 9.17) is 33.7 Å². The fraction of sp³-hybridized carbons (Fsp3) is 0.400. The Bertz CT molecular complexity index is 640. The van der Waals surface area contributed by atoms with Crippen LogP contribution in [-0.4, -0.2) is 15.8 Å². The number of aromatic nitrogens is 2. The van der Waals surface area contributed by atoms with Crippen molar-refractivity contribution in [3.05, 3.63) is 39.5 Å². The summed E-state index contributed by atoms with van der Waals surface area (Å²) in [5, 5.41) is 5.48. The molecule has 1 heterocycles. The molecule has 2 rings (SSSR count). The molecule has 1 aromatic heterocycles. The van der Waals surface area contributed by atoms with E-state index in [1.807, 2.05) is 14.0 Å². The van der Waals surface area contributed by atoms with Crippen LogP contribution in [0.1, 0.15) is 24.6 Å². The molecule has 21 heavy (non-hydrogen) atoms. The van der Waals surface area contributed by atoms with Crippen LogP contribution in [0.25, 0.3) is 0 Å². The first-order valence-electron chi connectivity index (χ1n) is 6.83. The van der Waals surface area contributed by atoms with Crippen molar-refractivity contribution >= 4 is 23.2 Å². The second-order valence-electron chi connectivity index (χ2n) is 5.04. The lowest BCUT2D eigenvalue weighted by Crippen LogP contribution is -2.21. The zero-order valence-corrected chi connectivity index (χ0v) is 13.9. The van der Waals surface area contributed by atoms with Gasteiger partial charge in [0.15, 0.2) is 0 Å². The van der Waals surface area contributed by atoms with Crippen molar-refractivity contribution in [3.63, 3.8) is 0 Å². The van der Waals surface area contributed by atoms with Gasteiger partial charge in [0.05, 0.1) is 10.7 Å². The average Bonchev–Trinajstić information content (AvgIpc) is 2.69. The van der Waals surface area contributed by atoms with Crippen molar-refractivity contribution in [1.82, 2.24) is 9.78 Å². The fourth-order valence-electron chi connectivity index (χ4n) is 2.11. The number of benzene rings is 1. The molecule has 2 aromatic rings. The Morgan fingerprint density at radius 3 is 2.76 bits per heavy atom. The highest BCUT2D eigenvalue weighted by Crippen LogP contribution is 2.34. The Morgan fingerprint density at radius 2 is 2.10 bits per heavy atom. The predicted octanol–water partition coefficient (Wildman–Crippen LogP) is 4.11. The van der Waals surface area contributed by atoms with Gasteiger partial charge in [-0.25, -0.2) is 4.68 Å². The van der Waals surface area contributed by atoms with E-state index >= 15 is 0 Å². The monoisotopic (exact) mass is 327 g/mol. The molecule has 0 radical (unpaired) electrons.